The Morgan fingerprint density at radius 3 is 2.91 bits per heavy atom. The van der Waals surface area contributed by atoms with Gasteiger partial charge in [-0.05, 0) is 31.9 Å². The molecule has 12 heteroatoms. The Balaban J connectivity index is 1.28. The standard InChI is InChI=1S/C22H23N7O5/c1-22(2)33-15-16(20(30)25-8-4-3-5-12-6-7-13(9-23)31-12)32-21(17(15)34-22)29-11-28-14-18(24)26-10-27-19(14)29/h6-7,9-11,15-17,21,23H,4,8H2,1-2H3,(H,25,30)(H2,24,26,27)/t15-,16+,17-,21-/m1/s1. The van der Waals surface area contributed by atoms with Crippen molar-refractivity contribution in [3.63, 3.8) is 0 Å². The molecule has 3 aromatic heterocycles. The number of furan rings is 1. The predicted molar refractivity (Wildman–Crippen MR) is 119 cm³/mol. The molecule has 34 heavy (non-hydrogen) atoms. The van der Waals surface area contributed by atoms with Gasteiger partial charge in [0.1, 0.15) is 29.8 Å². The molecule has 0 saturated carbocycles. The molecule has 12 nitrogen and oxygen atoms in total. The summed E-state index contributed by atoms with van der Waals surface area (Å²) in [5.74, 6) is 5.72. The monoisotopic (exact) mass is 465 g/mol. The Kier molecular flexibility index (Phi) is 5.52. The van der Waals surface area contributed by atoms with Crippen LogP contribution in [-0.4, -0.2) is 62.3 Å². The van der Waals surface area contributed by atoms with Crippen LogP contribution in [0.3, 0.4) is 0 Å². The second-order valence-electron chi connectivity index (χ2n) is 8.28. The number of rotatable bonds is 5. The summed E-state index contributed by atoms with van der Waals surface area (Å²) in [5, 5.41) is 9.99. The van der Waals surface area contributed by atoms with E-state index in [1.54, 1.807) is 36.9 Å². The van der Waals surface area contributed by atoms with Gasteiger partial charge in [0.15, 0.2) is 35.3 Å². The Bertz CT molecular complexity index is 1300. The number of carbonyl (C=O) groups is 1. The third-order valence-corrected chi connectivity index (χ3v) is 5.48. The van der Waals surface area contributed by atoms with Crippen molar-refractivity contribution in [1.29, 1.82) is 5.41 Å². The molecule has 0 aliphatic carbocycles. The number of amides is 1. The van der Waals surface area contributed by atoms with E-state index in [4.69, 9.17) is 29.8 Å². The molecule has 3 aromatic rings. The molecule has 2 fully saturated rings. The van der Waals surface area contributed by atoms with Crippen molar-refractivity contribution in [2.75, 3.05) is 12.3 Å². The van der Waals surface area contributed by atoms with Gasteiger partial charge >= 0.3 is 0 Å². The molecule has 0 spiro atoms. The molecule has 5 rings (SSSR count). The zero-order valence-corrected chi connectivity index (χ0v) is 18.5. The Morgan fingerprint density at radius 1 is 1.29 bits per heavy atom. The molecule has 176 valence electrons. The number of hydrogen-bond donors (Lipinski definition) is 3. The second-order valence-corrected chi connectivity index (χ2v) is 8.28. The summed E-state index contributed by atoms with van der Waals surface area (Å²) in [7, 11) is 0. The number of nitrogens with two attached hydrogens (primary N) is 1. The number of ether oxygens (including phenoxy) is 3. The normalized spacial score (nSPS) is 25.0. The highest BCUT2D eigenvalue weighted by atomic mass is 16.8. The van der Waals surface area contributed by atoms with Crippen molar-refractivity contribution < 1.29 is 23.4 Å². The number of imidazole rings is 1. The third kappa shape index (κ3) is 4.01. The summed E-state index contributed by atoms with van der Waals surface area (Å²) in [6.07, 6.45) is 1.63. The first kappa shape index (κ1) is 22.0. The highest BCUT2D eigenvalue weighted by molar-refractivity contribution is 5.83. The lowest BCUT2D eigenvalue weighted by molar-refractivity contribution is -0.197. The van der Waals surface area contributed by atoms with E-state index >= 15 is 0 Å². The number of fused-ring (bicyclic) bond motifs is 2. The van der Waals surface area contributed by atoms with Crippen molar-refractivity contribution in [1.82, 2.24) is 24.8 Å². The Morgan fingerprint density at radius 2 is 2.12 bits per heavy atom. The van der Waals surface area contributed by atoms with Crippen LogP contribution in [0, 0.1) is 17.3 Å². The molecule has 2 saturated heterocycles. The van der Waals surface area contributed by atoms with Crippen molar-refractivity contribution in [2.24, 2.45) is 0 Å². The molecule has 2 aliphatic heterocycles. The molecule has 2 aliphatic rings. The van der Waals surface area contributed by atoms with Crippen LogP contribution < -0.4 is 11.1 Å². The second kappa shape index (κ2) is 8.53. The van der Waals surface area contributed by atoms with E-state index < -0.39 is 30.3 Å². The molecular formula is C22H23N7O5. The van der Waals surface area contributed by atoms with Gasteiger partial charge in [-0.3, -0.25) is 9.36 Å². The number of nitrogens with zero attached hydrogens (tertiary/aromatic N) is 4. The number of anilines is 1. The highest BCUT2D eigenvalue weighted by Crippen LogP contribution is 2.43. The average molecular weight is 465 g/mol. The van der Waals surface area contributed by atoms with Crippen LogP contribution >= 0.6 is 0 Å². The van der Waals surface area contributed by atoms with Crippen molar-refractivity contribution in [3.05, 3.63) is 36.3 Å². The van der Waals surface area contributed by atoms with Crippen LogP contribution in [0.15, 0.2) is 29.2 Å². The predicted octanol–water partition coefficient (Wildman–Crippen LogP) is 0.975. The lowest BCUT2D eigenvalue weighted by atomic mass is 10.1. The summed E-state index contributed by atoms with van der Waals surface area (Å²) in [5.41, 5.74) is 6.82. The fraction of sp³-hybridized carbons (Fsp3) is 0.409. The van der Waals surface area contributed by atoms with Crippen molar-refractivity contribution in [3.8, 4) is 11.8 Å². The number of carbonyl (C=O) groups excluding carboxylic acids is 1. The van der Waals surface area contributed by atoms with Crippen LogP contribution in [0.25, 0.3) is 11.2 Å². The molecule has 1 amide bonds. The molecule has 4 N–H and O–H groups in total. The van der Waals surface area contributed by atoms with Crippen molar-refractivity contribution in [2.45, 2.75) is 50.6 Å². The summed E-state index contributed by atoms with van der Waals surface area (Å²) in [6, 6.07) is 3.36. The number of aromatic nitrogens is 4. The topological polar surface area (TPSA) is 163 Å². The molecule has 0 unspecified atom stereocenters. The van der Waals surface area contributed by atoms with Crippen LogP contribution in [0.5, 0.6) is 0 Å². The van der Waals surface area contributed by atoms with Crippen molar-refractivity contribution >= 4 is 29.1 Å². The quantitative estimate of drug-likeness (QED) is 0.283. The molecule has 4 atom stereocenters. The minimum absolute atomic E-state index is 0.251. The number of hydrogen-bond acceptors (Lipinski definition) is 10. The van der Waals surface area contributed by atoms with E-state index in [1.807, 2.05) is 0 Å². The molecule has 0 radical (unpaired) electrons. The zero-order valence-electron chi connectivity index (χ0n) is 18.5. The fourth-order valence-electron chi connectivity index (χ4n) is 4.06. The summed E-state index contributed by atoms with van der Waals surface area (Å²) < 4.78 is 25.2. The summed E-state index contributed by atoms with van der Waals surface area (Å²) in [6.45, 7) is 3.89. The summed E-state index contributed by atoms with van der Waals surface area (Å²) in [4.78, 5) is 25.5. The Hall–Kier alpha value is -3.79. The van der Waals surface area contributed by atoms with E-state index in [0.717, 1.165) is 6.21 Å². The van der Waals surface area contributed by atoms with E-state index in [-0.39, 0.29) is 11.7 Å². The smallest absolute Gasteiger partial charge is 0.252 e. The maximum atomic E-state index is 13.0. The van der Waals surface area contributed by atoms with Gasteiger partial charge in [-0.1, -0.05) is 5.92 Å². The van der Waals surface area contributed by atoms with Gasteiger partial charge in [-0.15, -0.1) is 0 Å². The van der Waals surface area contributed by atoms with Gasteiger partial charge < -0.3 is 35.1 Å². The van der Waals surface area contributed by atoms with Crippen LogP contribution in [0.2, 0.25) is 0 Å². The summed E-state index contributed by atoms with van der Waals surface area (Å²) >= 11 is 0. The number of nitrogens with one attached hydrogen (secondary N) is 2. The van der Waals surface area contributed by atoms with E-state index in [1.165, 1.54) is 6.33 Å². The van der Waals surface area contributed by atoms with E-state index in [2.05, 4.69) is 32.1 Å². The van der Waals surface area contributed by atoms with Gasteiger partial charge in [0.25, 0.3) is 5.91 Å². The van der Waals surface area contributed by atoms with Gasteiger partial charge in [-0.25, -0.2) is 15.0 Å². The first-order valence-electron chi connectivity index (χ1n) is 10.7. The van der Waals surface area contributed by atoms with Gasteiger partial charge in [0.2, 0.25) is 0 Å². The molecule has 5 heterocycles. The van der Waals surface area contributed by atoms with Gasteiger partial charge in [0.05, 0.1) is 12.5 Å². The van der Waals surface area contributed by atoms with Crippen LogP contribution in [0.1, 0.15) is 38.0 Å². The van der Waals surface area contributed by atoms with Gasteiger partial charge in [0, 0.05) is 13.0 Å². The van der Waals surface area contributed by atoms with E-state index in [9.17, 15) is 4.79 Å². The van der Waals surface area contributed by atoms with Crippen LogP contribution in [0.4, 0.5) is 5.82 Å². The first-order valence-corrected chi connectivity index (χ1v) is 10.7. The van der Waals surface area contributed by atoms with E-state index in [0.29, 0.717) is 35.6 Å². The molecular weight excluding hydrogens is 442 g/mol. The fourth-order valence-corrected chi connectivity index (χ4v) is 4.06. The zero-order chi connectivity index (χ0) is 23.9. The SMILES string of the molecule is CC1(C)O[C@@H]2[C@H](O1)[C@@H](C(=O)NCCC#Cc1ccc(C=N)o1)O[C@H]2n1cnc2c(N)ncnc21. The van der Waals surface area contributed by atoms with Gasteiger partial charge in [-0.2, -0.15) is 0 Å². The molecule has 0 aromatic carbocycles. The minimum atomic E-state index is -0.901. The molecule has 0 bridgehead atoms. The van der Waals surface area contributed by atoms with Crippen LogP contribution in [-0.2, 0) is 19.0 Å². The highest BCUT2D eigenvalue weighted by Gasteiger charge is 2.58. The Labute approximate surface area is 194 Å². The number of nitrogen functional groups attached to an aromatic ring is 1. The first-order chi connectivity index (χ1) is 16.4. The lowest BCUT2D eigenvalue weighted by Crippen LogP contribution is -2.43. The largest absolute Gasteiger partial charge is 0.447 e. The maximum absolute atomic E-state index is 13.0. The minimum Gasteiger partial charge on any atom is -0.447 e. The lowest BCUT2D eigenvalue weighted by Gasteiger charge is -2.24. The maximum Gasteiger partial charge on any atom is 0.252 e. The average Bonchev–Trinajstić information content (AvgIpc) is 3.56. The third-order valence-electron chi connectivity index (χ3n) is 5.48.